The van der Waals surface area contributed by atoms with Crippen LogP contribution in [-0.4, -0.2) is 28.9 Å². The van der Waals surface area contributed by atoms with Crippen LogP contribution in [0.3, 0.4) is 0 Å². The van der Waals surface area contributed by atoms with Crippen LogP contribution < -0.4 is 14.8 Å². The molecule has 2 heterocycles. The molecule has 1 aliphatic rings. The van der Waals surface area contributed by atoms with Gasteiger partial charge in [0.25, 0.3) is 5.91 Å². The number of thioether (sulfide) groups is 1. The highest BCUT2D eigenvalue weighted by molar-refractivity contribution is 7.98. The van der Waals surface area contributed by atoms with Crippen LogP contribution in [0.25, 0.3) is 0 Å². The molecule has 0 radical (unpaired) electrons. The number of carbonyl (C=O) groups is 1. The number of nitrogens with one attached hydrogen (secondary N) is 1. The van der Waals surface area contributed by atoms with Crippen molar-refractivity contribution in [3.8, 4) is 11.5 Å². The maximum atomic E-state index is 12.4. The van der Waals surface area contributed by atoms with E-state index in [1.165, 1.54) is 0 Å². The van der Waals surface area contributed by atoms with Crippen LogP contribution in [0.1, 0.15) is 39.0 Å². The maximum Gasteiger partial charge on any atom is 0.263 e. The summed E-state index contributed by atoms with van der Waals surface area (Å²) in [6.45, 7) is 8.74. The minimum Gasteiger partial charge on any atom is -0.494 e. The first-order chi connectivity index (χ1) is 12.4. The van der Waals surface area contributed by atoms with Crippen molar-refractivity contribution in [3.05, 3.63) is 35.5 Å². The summed E-state index contributed by atoms with van der Waals surface area (Å²) in [6.07, 6.45) is 0. The van der Waals surface area contributed by atoms with Gasteiger partial charge < -0.3 is 14.8 Å². The molecule has 7 heteroatoms. The molecule has 6 nitrogen and oxygen atoms in total. The van der Waals surface area contributed by atoms with E-state index < -0.39 is 0 Å². The first kappa shape index (κ1) is 18.6. The Balaban J connectivity index is 1.65. The second-order valence-corrected chi connectivity index (χ2v) is 8.08. The molecule has 3 rings (SSSR count). The minimum atomic E-state index is -0.201. The number of nitrogens with zero attached hydrogens (tertiary/aromatic N) is 2. The number of carbonyl (C=O) groups excluding carboxylic acids is 1. The van der Waals surface area contributed by atoms with E-state index in [0.717, 1.165) is 34.3 Å². The minimum absolute atomic E-state index is 0.0504. The van der Waals surface area contributed by atoms with Crippen molar-refractivity contribution in [1.29, 1.82) is 0 Å². The van der Waals surface area contributed by atoms with Gasteiger partial charge in [-0.3, -0.25) is 4.79 Å². The molecule has 0 atom stereocenters. The number of aromatic nitrogens is 2. The standard InChI is InChI=1S/C19H25N3O3S/c1-5-24-13-6-8-14(9-7-13)25-10-17(23)20-18-15-11-26-12-16(15)21-22(18)19(2,3)4/h6-9H,5,10-12H2,1-4H3,(H,20,23). The molecule has 1 aromatic carbocycles. The SMILES string of the molecule is CCOc1ccc(OCC(=O)Nc2c3c(nn2C(C)(C)C)CSC3)cc1. The summed E-state index contributed by atoms with van der Waals surface area (Å²) in [5.41, 5.74) is 1.99. The van der Waals surface area contributed by atoms with Crippen molar-refractivity contribution in [2.75, 3.05) is 18.5 Å². The van der Waals surface area contributed by atoms with Gasteiger partial charge in [0, 0.05) is 17.1 Å². The average Bonchev–Trinajstić information content (AvgIpc) is 3.17. The van der Waals surface area contributed by atoms with Gasteiger partial charge >= 0.3 is 0 Å². The lowest BCUT2D eigenvalue weighted by Crippen LogP contribution is -2.29. The molecule has 1 aromatic heterocycles. The summed E-state index contributed by atoms with van der Waals surface area (Å²) in [5, 5.41) is 7.68. The average molecular weight is 375 g/mol. The smallest absolute Gasteiger partial charge is 0.263 e. The normalized spacial score (nSPS) is 13.4. The van der Waals surface area contributed by atoms with Crippen molar-refractivity contribution >= 4 is 23.5 Å². The fourth-order valence-electron chi connectivity index (χ4n) is 2.74. The summed E-state index contributed by atoms with van der Waals surface area (Å²) in [6, 6.07) is 7.25. The van der Waals surface area contributed by atoms with Crippen LogP contribution in [0.15, 0.2) is 24.3 Å². The van der Waals surface area contributed by atoms with Crippen molar-refractivity contribution < 1.29 is 14.3 Å². The Bertz CT molecular complexity index is 779. The van der Waals surface area contributed by atoms with Gasteiger partial charge in [0.15, 0.2) is 6.61 Å². The Hall–Kier alpha value is -2.15. The molecule has 0 spiro atoms. The quantitative estimate of drug-likeness (QED) is 0.832. The Morgan fingerprint density at radius 1 is 1.19 bits per heavy atom. The molecule has 0 bridgehead atoms. The summed E-state index contributed by atoms with van der Waals surface area (Å²) in [5.74, 6) is 3.78. The predicted molar refractivity (Wildman–Crippen MR) is 104 cm³/mol. The molecule has 0 unspecified atom stereocenters. The lowest BCUT2D eigenvalue weighted by atomic mass is 10.1. The number of ether oxygens (including phenoxy) is 2. The molecule has 2 aromatic rings. The lowest BCUT2D eigenvalue weighted by molar-refractivity contribution is -0.118. The second-order valence-electron chi connectivity index (χ2n) is 7.09. The van der Waals surface area contributed by atoms with Crippen LogP contribution >= 0.6 is 11.8 Å². The number of hydrogen-bond donors (Lipinski definition) is 1. The third kappa shape index (κ3) is 4.15. The number of fused-ring (bicyclic) bond motifs is 1. The highest BCUT2D eigenvalue weighted by Gasteiger charge is 2.28. The van der Waals surface area contributed by atoms with Crippen molar-refractivity contribution in [2.24, 2.45) is 0 Å². The highest BCUT2D eigenvalue weighted by atomic mass is 32.2. The Morgan fingerprint density at radius 2 is 1.85 bits per heavy atom. The van der Waals surface area contributed by atoms with Crippen molar-refractivity contribution in [3.63, 3.8) is 0 Å². The van der Waals surface area contributed by atoms with Crippen LogP contribution in [0.5, 0.6) is 11.5 Å². The van der Waals surface area contributed by atoms with E-state index in [-0.39, 0.29) is 18.1 Å². The maximum absolute atomic E-state index is 12.4. The zero-order valence-electron chi connectivity index (χ0n) is 15.7. The first-order valence-electron chi connectivity index (χ1n) is 8.73. The zero-order valence-corrected chi connectivity index (χ0v) is 16.5. The molecule has 0 aliphatic carbocycles. The van der Waals surface area contributed by atoms with Gasteiger partial charge in [0.05, 0.1) is 17.8 Å². The molecular formula is C19H25N3O3S. The van der Waals surface area contributed by atoms with E-state index in [0.29, 0.717) is 12.4 Å². The van der Waals surface area contributed by atoms with Gasteiger partial charge in [0.1, 0.15) is 17.3 Å². The number of hydrogen-bond acceptors (Lipinski definition) is 5. The van der Waals surface area contributed by atoms with Gasteiger partial charge in [-0.1, -0.05) is 0 Å². The molecule has 26 heavy (non-hydrogen) atoms. The number of anilines is 1. The number of benzene rings is 1. The van der Waals surface area contributed by atoms with Crippen LogP contribution in [0.4, 0.5) is 5.82 Å². The Kier molecular flexibility index (Phi) is 5.46. The predicted octanol–water partition coefficient (Wildman–Crippen LogP) is 3.80. The molecule has 1 amide bonds. The summed E-state index contributed by atoms with van der Waals surface area (Å²) in [7, 11) is 0. The van der Waals surface area contributed by atoms with E-state index in [1.807, 2.05) is 35.5 Å². The van der Waals surface area contributed by atoms with E-state index >= 15 is 0 Å². The molecule has 1 aliphatic heterocycles. The highest BCUT2D eigenvalue weighted by Crippen LogP contribution is 2.37. The number of rotatable bonds is 6. The van der Waals surface area contributed by atoms with Crippen LogP contribution in [0.2, 0.25) is 0 Å². The fourth-order valence-corrected chi connectivity index (χ4v) is 3.78. The van der Waals surface area contributed by atoms with E-state index in [9.17, 15) is 4.79 Å². The third-order valence-electron chi connectivity index (χ3n) is 3.95. The van der Waals surface area contributed by atoms with Gasteiger partial charge in [0.2, 0.25) is 0 Å². The van der Waals surface area contributed by atoms with Gasteiger partial charge in [-0.2, -0.15) is 16.9 Å². The first-order valence-corrected chi connectivity index (χ1v) is 9.88. The molecule has 0 saturated heterocycles. The fraction of sp³-hybridized carbons (Fsp3) is 0.474. The molecule has 0 fully saturated rings. The Labute approximate surface area is 158 Å². The van der Waals surface area contributed by atoms with Gasteiger partial charge in [-0.15, -0.1) is 0 Å². The van der Waals surface area contributed by atoms with E-state index in [1.54, 1.807) is 12.1 Å². The van der Waals surface area contributed by atoms with Crippen molar-refractivity contribution in [1.82, 2.24) is 9.78 Å². The number of amides is 1. The zero-order chi connectivity index (χ0) is 18.7. The second kappa shape index (κ2) is 7.61. The van der Waals surface area contributed by atoms with Crippen LogP contribution in [-0.2, 0) is 21.8 Å². The summed E-state index contributed by atoms with van der Waals surface area (Å²) >= 11 is 1.82. The molecule has 140 valence electrons. The Morgan fingerprint density at radius 3 is 2.46 bits per heavy atom. The molecular weight excluding hydrogens is 350 g/mol. The molecule has 0 saturated carbocycles. The summed E-state index contributed by atoms with van der Waals surface area (Å²) in [4.78, 5) is 12.4. The van der Waals surface area contributed by atoms with Crippen LogP contribution in [0, 0.1) is 0 Å². The largest absolute Gasteiger partial charge is 0.494 e. The van der Waals surface area contributed by atoms with E-state index in [4.69, 9.17) is 9.47 Å². The summed E-state index contributed by atoms with van der Waals surface area (Å²) < 4.78 is 12.9. The van der Waals surface area contributed by atoms with Gasteiger partial charge in [-0.25, -0.2) is 4.68 Å². The topological polar surface area (TPSA) is 65.4 Å². The van der Waals surface area contributed by atoms with Gasteiger partial charge in [-0.05, 0) is 52.0 Å². The van der Waals surface area contributed by atoms with E-state index in [2.05, 4.69) is 31.2 Å². The lowest BCUT2D eigenvalue weighted by Gasteiger charge is -2.23. The van der Waals surface area contributed by atoms with Crippen molar-refractivity contribution in [2.45, 2.75) is 44.7 Å². The third-order valence-corrected chi connectivity index (χ3v) is 4.92. The monoisotopic (exact) mass is 375 g/mol. The molecule has 1 N–H and O–H groups in total.